The van der Waals surface area contributed by atoms with Crippen LogP contribution in [0.25, 0.3) is 11.0 Å². The summed E-state index contributed by atoms with van der Waals surface area (Å²) in [7, 11) is 0. The lowest BCUT2D eigenvalue weighted by Gasteiger charge is -2.36. The van der Waals surface area contributed by atoms with Crippen LogP contribution in [0, 0.1) is 0 Å². The first-order chi connectivity index (χ1) is 13.9. The van der Waals surface area contributed by atoms with Crippen molar-refractivity contribution in [2.24, 2.45) is 0 Å². The van der Waals surface area contributed by atoms with E-state index in [-0.39, 0.29) is 11.3 Å². The Kier molecular flexibility index (Phi) is 5.36. The highest BCUT2D eigenvalue weighted by Crippen LogP contribution is 2.25. The lowest BCUT2D eigenvalue weighted by molar-refractivity contribution is -0.127. The van der Waals surface area contributed by atoms with E-state index in [1.54, 1.807) is 16.7 Å². The van der Waals surface area contributed by atoms with Crippen molar-refractivity contribution in [2.75, 3.05) is 37.6 Å². The average Bonchev–Trinajstić information content (AvgIpc) is 3.01. The number of fused-ring (bicyclic) bond motifs is 1. The van der Waals surface area contributed by atoms with E-state index >= 15 is 0 Å². The van der Waals surface area contributed by atoms with Gasteiger partial charge in [0.15, 0.2) is 0 Å². The maximum absolute atomic E-state index is 12.6. The molecule has 29 heavy (non-hydrogen) atoms. The van der Waals surface area contributed by atoms with Crippen LogP contribution in [0.2, 0.25) is 0 Å². The molecule has 0 spiro atoms. The fraction of sp³-hybridized carbons (Fsp3) is 0.381. The van der Waals surface area contributed by atoms with Crippen LogP contribution < -0.4 is 10.6 Å². The predicted molar refractivity (Wildman–Crippen MR) is 107 cm³/mol. The molecule has 0 aliphatic carbocycles. The van der Waals surface area contributed by atoms with Gasteiger partial charge < -0.3 is 9.88 Å². The molecule has 3 aromatic rings. The number of alkyl halides is 3. The van der Waals surface area contributed by atoms with Gasteiger partial charge in [-0.1, -0.05) is 24.3 Å². The molecule has 0 radical (unpaired) electrons. The van der Waals surface area contributed by atoms with E-state index in [1.807, 2.05) is 30.3 Å². The van der Waals surface area contributed by atoms with Crippen molar-refractivity contribution < 1.29 is 13.2 Å². The number of halogens is 3. The summed E-state index contributed by atoms with van der Waals surface area (Å²) in [6.07, 6.45) is -5.10. The van der Waals surface area contributed by atoms with Crippen molar-refractivity contribution in [3.63, 3.8) is 0 Å². The Bertz CT molecular complexity index is 1030. The Morgan fingerprint density at radius 1 is 0.931 bits per heavy atom. The van der Waals surface area contributed by atoms with Crippen LogP contribution in [-0.4, -0.2) is 53.4 Å². The molecule has 0 amide bonds. The van der Waals surface area contributed by atoms with Crippen LogP contribution >= 0.6 is 0 Å². The summed E-state index contributed by atoms with van der Waals surface area (Å²) in [6, 6.07) is 14.3. The van der Waals surface area contributed by atoms with Gasteiger partial charge in [0.1, 0.15) is 0 Å². The minimum Gasteiger partial charge on any atom is -0.369 e. The molecule has 1 N–H and O–H groups in total. The fourth-order valence-electron chi connectivity index (χ4n) is 3.89. The Hall–Kier alpha value is -2.74. The molecular weight excluding hydrogens is 381 g/mol. The lowest BCUT2D eigenvalue weighted by Crippen LogP contribution is -2.47. The van der Waals surface area contributed by atoms with Gasteiger partial charge in [-0.3, -0.25) is 9.47 Å². The third-order valence-electron chi connectivity index (χ3n) is 5.37. The topological polar surface area (TPSA) is 44.3 Å². The number of anilines is 1. The van der Waals surface area contributed by atoms with E-state index in [9.17, 15) is 18.0 Å². The van der Waals surface area contributed by atoms with E-state index < -0.39 is 12.6 Å². The molecule has 5 nitrogen and oxygen atoms in total. The van der Waals surface area contributed by atoms with Crippen molar-refractivity contribution >= 4 is 16.7 Å². The number of nitrogens with zero attached hydrogens (tertiary/aromatic N) is 3. The van der Waals surface area contributed by atoms with Crippen molar-refractivity contribution in [1.82, 2.24) is 14.5 Å². The summed E-state index contributed by atoms with van der Waals surface area (Å²) in [5.74, 6) is 0. The monoisotopic (exact) mass is 404 g/mol. The summed E-state index contributed by atoms with van der Waals surface area (Å²) in [6.45, 7) is 4.46. The number of hydrogen-bond acceptors (Lipinski definition) is 3. The summed E-state index contributed by atoms with van der Waals surface area (Å²) < 4.78 is 39.7. The van der Waals surface area contributed by atoms with E-state index in [0.29, 0.717) is 6.54 Å². The number of nitrogens with one attached hydrogen (secondary N) is 1. The van der Waals surface area contributed by atoms with Crippen LogP contribution in [0.3, 0.4) is 0 Å². The summed E-state index contributed by atoms with van der Waals surface area (Å²) in [5.41, 5.74) is 2.75. The third-order valence-corrected chi connectivity index (χ3v) is 5.37. The molecule has 2 heterocycles. The molecular formula is C21H23F3N4O. The van der Waals surface area contributed by atoms with Gasteiger partial charge in [-0.15, -0.1) is 0 Å². The standard InChI is InChI=1S/C21H23F3N4O/c22-21(23,24)15-16-4-3-5-17(14-16)27-11-8-26(9-12-27)10-13-28-19-7-2-1-6-18(19)25-20(28)29/h1-7,14H,8-13,15H2,(H,25,29). The molecule has 0 atom stereocenters. The first kappa shape index (κ1) is 19.6. The quantitative estimate of drug-likeness (QED) is 0.710. The van der Waals surface area contributed by atoms with Crippen LogP contribution in [0.5, 0.6) is 0 Å². The van der Waals surface area contributed by atoms with Crippen LogP contribution in [-0.2, 0) is 13.0 Å². The van der Waals surface area contributed by atoms with Crippen molar-refractivity contribution in [3.05, 3.63) is 64.6 Å². The maximum atomic E-state index is 12.6. The van der Waals surface area contributed by atoms with Crippen molar-refractivity contribution in [1.29, 1.82) is 0 Å². The van der Waals surface area contributed by atoms with E-state index in [0.717, 1.165) is 49.4 Å². The van der Waals surface area contributed by atoms with E-state index in [2.05, 4.69) is 14.8 Å². The molecule has 0 saturated carbocycles. The highest BCUT2D eigenvalue weighted by Gasteiger charge is 2.28. The second-order valence-corrected chi connectivity index (χ2v) is 7.39. The minimum atomic E-state index is -4.20. The second kappa shape index (κ2) is 7.94. The number of aromatic nitrogens is 2. The zero-order valence-electron chi connectivity index (χ0n) is 16.0. The molecule has 1 aliphatic rings. The number of rotatable bonds is 5. The summed E-state index contributed by atoms with van der Waals surface area (Å²) in [4.78, 5) is 19.4. The average molecular weight is 404 g/mol. The number of piperazine rings is 1. The van der Waals surface area contributed by atoms with E-state index in [4.69, 9.17) is 0 Å². The Balaban J connectivity index is 1.34. The SMILES string of the molecule is O=c1[nH]c2ccccc2n1CCN1CCN(c2cccc(CC(F)(F)F)c2)CC1. The zero-order chi connectivity index (χ0) is 20.4. The van der Waals surface area contributed by atoms with Gasteiger partial charge >= 0.3 is 11.9 Å². The van der Waals surface area contributed by atoms with Crippen LogP contribution in [0.4, 0.5) is 18.9 Å². The normalized spacial score (nSPS) is 15.9. The number of aromatic amines is 1. The highest BCUT2D eigenvalue weighted by atomic mass is 19.4. The van der Waals surface area contributed by atoms with Gasteiger partial charge in [0, 0.05) is 45.0 Å². The number of para-hydroxylation sites is 2. The molecule has 154 valence electrons. The van der Waals surface area contributed by atoms with Gasteiger partial charge in [0.25, 0.3) is 0 Å². The molecule has 1 aromatic heterocycles. The van der Waals surface area contributed by atoms with Gasteiger partial charge in [0.2, 0.25) is 0 Å². The van der Waals surface area contributed by atoms with Gasteiger partial charge in [-0.25, -0.2) is 4.79 Å². The summed E-state index contributed by atoms with van der Waals surface area (Å²) >= 11 is 0. The predicted octanol–water partition coefficient (Wildman–Crippen LogP) is 3.26. The second-order valence-electron chi connectivity index (χ2n) is 7.39. The Morgan fingerprint density at radius 2 is 1.69 bits per heavy atom. The van der Waals surface area contributed by atoms with E-state index in [1.165, 1.54) is 6.07 Å². The molecule has 0 unspecified atom stereocenters. The van der Waals surface area contributed by atoms with Crippen molar-refractivity contribution in [2.45, 2.75) is 19.1 Å². The lowest BCUT2D eigenvalue weighted by atomic mass is 10.1. The molecule has 8 heteroatoms. The minimum absolute atomic E-state index is 0.105. The number of hydrogen-bond donors (Lipinski definition) is 1. The Morgan fingerprint density at radius 3 is 2.45 bits per heavy atom. The highest BCUT2D eigenvalue weighted by molar-refractivity contribution is 5.74. The largest absolute Gasteiger partial charge is 0.393 e. The number of H-pyrrole nitrogens is 1. The van der Waals surface area contributed by atoms with Gasteiger partial charge in [0.05, 0.1) is 17.5 Å². The zero-order valence-corrected chi connectivity index (χ0v) is 16.0. The van der Waals surface area contributed by atoms with Gasteiger partial charge in [-0.05, 0) is 29.8 Å². The Labute approximate surface area is 166 Å². The number of benzene rings is 2. The fourth-order valence-corrected chi connectivity index (χ4v) is 3.89. The smallest absolute Gasteiger partial charge is 0.369 e. The molecule has 1 aliphatic heterocycles. The van der Waals surface area contributed by atoms with Gasteiger partial charge in [-0.2, -0.15) is 13.2 Å². The molecule has 4 rings (SSSR count). The van der Waals surface area contributed by atoms with Crippen molar-refractivity contribution in [3.8, 4) is 0 Å². The molecule has 1 saturated heterocycles. The first-order valence-electron chi connectivity index (χ1n) is 9.70. The maximum Gasteiger partial charge on any atom is 0.393 e. The first-order valence-corrected chi connectivity index (χ1v) is 9.70. The number of imidazole rings is 1. The van der Waals surface area contributed by atoms with Crippen LogP contribution in [0.15, 0.2) is 53.3 Å². The third kappa shape index (κ3) is 4.64. The molecule has 1 fully saturated rings. The molecule has 2 aromatic carbocycles. The summed E-state index contributed by atoms with van der Waals surface area (Å²) in [5, 5.41) is 0. The van der Waals surface area contributed by atoms with Crippen LogP contribution in [0.1, 0.15) is 5.56 Å². The molecule has 0 bridgehead atoms.